The summed E-state index contributed by atoms with van der Waals surface area (Å²) >= 11 is 5.51. The smallest absolute Gasteiger partial charge is 0.320 e. The highest BCUT2D eigenvalue weighted by molar-refractivity contribution is 8.31. The predicted molar refractivity (Wildman–Crippen MR) is 116 cm³/mol. The molecule has 0 radical (unpaired) electrons. The van der Waals surface area contributed by atoms with Gasteiger partial charge in [0.15, 0.2) is 10.7 Å². The lowest BCUT2D eigenvalue weighted by Crippen LogP contribution is -2.28. The number of rotatable bonds is 14. The summed E-state index contributed by atoms with van der Waals surface area (Å²) in [7, 11) is 0. The largest absolute Gasteiger partial charge is 0.465 e. The molecule has 1 rings (SSSR count). The van der Waals surface area contributed by atoms with E-state index in [9.17, 15) is 9.59 Å². The van der Waals surface area contributed by atoms with E-state index < -0.39 is 17.9 Å². The van der Waals surface area contributed by atoms with Crippen LogP contribution in [-0.4, -0.2) is 42.3 Å². The fourth-order valence-electron chi connectivity index (χ4n) is 2.51. The van der Waals surface area contributed by atoms with Crippen molar-refractivity contribution in [3.8, 4) is 0 Å². The maximum atomic E-state index is 11.9. The van der Waals surface area contributed by atoms with Gasteiger partial charge < -0.3 is 14.2 Å². The van der Waals surface area contributed by atoms with Gasteiger partial charge in [0.1, 0.15) is 0 Å². The average molecular weight is 437 g/mol. The average Bonchev–Trinajstić information content (AvgIpc) is 2.97. The fourth-order valence-corrected chi connectivity index (χ4v) is 6.88. The number of thioether (sulfide) groups is 3. The summed E-state index contributed by atoms with van der Waals surface area (Å²) < 4.78 is 17.2. The first-order valence-electron chi connectivity index (χ1n) is 9.65. The van der Waals surface area contributed by atoms with Gasteiger partial charge in [-0.05, 0) is 46.3 Å². The Labute approximate surface area is 176 Å². The van der Waals surface area contributed by atoms with E-state index in [0.717, 1.165) is 38.0 Å². The lowest BCUT2D eigenvalue weighted by molar-refractivity contribution is -0.161. The Kier molecular flexibility index (Phi) is 13.4. The molecule has 0 N–H and O–H groups in total. The molecule has 0 aromatic rings. The lowest BCUT2D eigenvalue weighted by Gasteiger charge is -2.14. The van der Waals surface area contributed by atoms with Crippen molar-refractivity contribution in [3.05, 3.63) is 9.14 Å². The number of allylic oxidation sites excluding steroid dienone is 1. The maximum Gasteiger partial charge on any atom is 0.320 e. The van der Waals surface area contributed by atoms with Crippen LogP contribution in [-0.2, 0) is 23.8 Å². The van der Waals surface area contributed by atoms with E-state index in [4.69, 9.17) is 14.2 Å². The molecule has 1 heterocycles. The number of esters is 2. The molecule has 1 aliphatic heterocycles. The van der Waals surface area contributed by atoms with Crippen LogP contribution in [0.15, 0.2) is 9.14 Å². The maximum absolute atomic E-state index is 11.9. The zero-order valence-corrected chi connectivity index (χ0v) is 19.2. The number of unbranched alkanes of at least 4 members (excludes halogenated alkanes) is 3. The first kappa shape index (κ1) is 24.7. The van der Waals surface area contributed by atoms with Gasteiger partial charge in [-0.15, -0.1) is 11.8 Å². The van der Waals surface area contributed by atoms with E-state index in [1.165, 1.54) is 9.14 Å². The van der Waals surface area contributed by atoms with Crippen molar-refractivity contribution in [2.75, 3.05) is 25.6 Å². The molecule has 0 aromatic heterocycles. The molecular formula is C19H32O5S3. The zero-order valence-electron chi connectivity index (χ0n) is 16.8. The second-order valence-corrected chi connectivity index (χ2v) is 9.94. The molecule has 1 unspecified atom stereocenters. The third-order valence-corrected chi connectivity index (χ3v) is 8.10. The Hall–Kier alpha value is -0.310. The monoisotopic (exact) mass is 436 g/mol. The SMILES string of the molecule is CCOC(=O)C(CCCCCCSC1=C(C)SC(OCC)S1)C(=O)OCC. The minimum absolute atomic E-state index is 0.209. The minimum Gasteiger partial charge on any atom is -0.465 e. The highest BCUT2D eigenvalue weighted by Gasteiger charge is 2.28. The predicted octanol–water partition coefficient (Wildman–Crippen LogP) is 5.40. The molecule has 1 atom stereocenters. The highest BCUT2D eigenvalue weighted by atomic mass is 32.2. The summed E-state index contributed by atoms with van der Waals surface area (Å²) in [5.41, 5.74) is 0. The summed E-state index contributed by atoms with van der Waals surface area (Å²) in [5, 5.41) is 0. The normalized spacial score (nSPS) is 16.9. The molecule has 156 valence electrons. The van der Waals surface area contributed by atoms with Crippen LogP contribution in [0.1, 0.15) is 59.8 Å². The summed E-state index contributed by atoms with van der Waals surface area (Å²) in [5.74, 6) is -0.630. The molecule has 0 aliphatic carbocycles. The Morgan fingerprint density at radius 3 is 2.19 bits per heavy atom. The molecular weight excluding hydrogens is 404 g/mol. The van der Waals surface area contributed by atoms with Gasteiger partial charge in [0.2, 0.25) is 0 Å². The van der Waals surface area contributed by atoms with Gasteiger partial charge in [0.25, 0.3) is 0 Å². The van der Waals surface area contributed by atoms with Crippen LogP contribution in [0.2, 0.25) is 0 Å². The standard InChI is InChI=1S/C19H32O5S3/c1-5-22-16(20)15(17(21)23-6-2)12-10-8-9-11-13-25-18-14(4)26-19(27-18)24-7-3/h15,19H,5-13H2,1-4H3. The van der Waals surface area contributed by atoms with Crippen molar-refractivity contribution in [2.45, 2.75) is 64.6 Å². The Morgan fingerprint density at radius 1 is 0.963 bits per heavy atom. The number of carbonyl (C=O) groups excluding carboxylic acids is 2. The van der Waals surface area contributed by atoms with Crippen molar-refractivity contribution in [3.63, 3.8) is 0 Å². The van der Waals surface area contributed by atoms with Gasteiger partial charge in [-0.1, -0.05) is 42.8 Å². The summed E-state index contributed by atoms with van der Waals surface area (Å²) in [6, 6.07) is 0. The van der Waals surface area contributed by atoms with Gasteiger partial charge in [-0.25, -0.2) is 0 Å². The third-order valence-electron chi connectivity index (χ3n) is 3.83. The molecule has 0 bridgehead atoms. The minimum atomic E-state index is -0.783. The second-order valence-electron chi connectivity index (χ2n) is 5.93. The van der Waals surface area contributed by atoms with Gasteiger partial charge >= 0.3 is 11.9 Å². The topological polar surface area (TPSA) is 61.8 Å². The Morgan fingerprint density at radius 2 is 1.59 bits per heavy atom. The van der Waals surface area contributed by atoms with Gasteiger partial charge in [0.05, 0.1) is 17.5 Å². The van der Waals surface area contributed by atoms with Crippen LogP contribution in [0.4, 0.5) is 0 Å². The highest BCUT2D eigenvalue weighted by Crippen LogP contribution is 2.50. The molecule has 8 heteroatoms. The van der Waals surface area contributed by atoms with Crippen molar-refractivity contribution in [1.82, 2.24) is 0 Å². The molecule has 0 spiro atoms. The second kappa shape index (κ2) is 14.7. The molecule has 5 nitrogen and oxygen atoms in total. The molecule has 0 amide bonds. The summed E-state index contributed by atoms with van der Waals surface area (Å²) in [6.45, 7) is 8.97. The summed E-state index contributed by atoms with van der Waals surface area (Å²) in [4.78, 5) is 25.2. The quantitative estimate of drug-likeness (QED) is 0.204. The van der Waals surface area contributed by atoms with Crippen molar-refractivity contribution in [1.29, 1.82) is 0 Å². The number of carbonyl (C=O) groups is 2. The molecule has 0 fully saturated rings. The van der Waals surface area contributed by atoms with E-state index in [1.54, 1.807) is 25.6 Å². The lowest BCUT2D eigenvalue weighted by atomic mass is 10.0. The first-order valence-corrected chi connectivity index (χ1v) is 12.4. The van der Waals surface area contributed by atoms with Crippen LogP contribution < -0.4 is 0 Å². The first-order chi connectivity index (χ1) is 13.0. The van der Waals surface area contributed by atoms with E-state index >= 15 is 0 Å². The van der Waals surface area contributed by atoms with Crippen LogP contribution >= 0.6 is 35.3 Å². The number of ether oxygens (including phenoxy) is 3. The van der Waals surface area contributed by atoms with Gasteiger partial charge in [-0.2, -0.15) is 0 Å². The molecule has 27 heavy (non-hydrogen) atoms. The van der Waals surface area contributed by atoms with E-state index in [-0.39, 0.29) is 18.0 Å². The third kappa shape index (κ3) is 9.63. The number of hydrogen-bond donors (Lipinski definition) is 0. The Bertz CT molecular complexity index is 478. The van der Waals surface area contributed by atoms with Crippen molar-refractivity contribution >= 4 is 47.2 Å². The van der Waals surface area contributed by atoms with E-state index in [1.807, 2.05) is 30.4 Å². The number of hydrogen-bond acceptors (Lipinski definition) is 8. The zero-order chi connectivity index (χ0) is 20.1. The van der Waals surface area contributed by atoms with E-state index in [2.05, 4.69) is 6.92 Å². The van der Waals surface area contributed by atoms with Crippen molar-refractivity contribution in [2.24, 2.45) is 5.92 Å². The molecule has 0 aromatic carbocycles. The van der Waals surface area contributed by atoms with Crippen LogP contribution in [0.25, 0.3) is 0 Å². The van der Waals surface area contributed by atoms with Crippen LogP contribution in [0.5, 0.6) is 0 Å². The molecule has 0 saturated heterocycles. The molecule has 0 saturated carbocycles. The van der Waals surface area contributed by atoms with E-state index in [0.29, 0.717) is 6.42 Å². The van der Waals surface area contributed by atoms with Crippen LogP contribution in [0, 0.1) is 5.92 Å². The Balaban J connectivity index is 2.20. The summed E-state index contributed by atoms with van der Waals surface area (Å²) in [6.07, 6.45) is 4.53. The molecule has 1 aliphatic rings. The van der Waals surface area contributed by atoms with Gasteiger partial charge in [-0.3, -0.25) is 9.59 Å². The van der Waals surface area contributed by atoms with Crippen LogP contribution in [0.3, 0.4) is 0 Å². The van der Waals surface area contributed by atoms with Gasteiger partial charge in [0, 0.05) is 11.5 Å². The fraction of sp³-hybridized carbons (Fsp3) is 0.789. The van der Waals surface area contributed by atoms with Crippen molar-refractivity contribution < 1.29 is 23.8 Å².